The van der Waals surface area contributed by atoms with Crippen molar-refractivity contribution >= 4 is 17.4 Å². The summed E-state index contributed by atoms with van der Waals surface area (Å²) in [6, 6.07) is 16.2. The molecule has 35 heavy (non-hydrogen) atoms. The highest BCUT2D eigenvalue weighted by Crippen LogP contribution is 2.41. The van der Waals surface area contributed by atoms with E-state index in [1.54, 1.807) is 35.2 Å². The van der Waals surface area contributed by atoms with Gasteiger partial charge in [0, 0.05) is 26.2 Å². The van der Waals surface area contributed by atoms with E-state index < -0.39 is 23.5 Å². The number of amidine groups is 1. The van der Waals surface area contributed by atoms with Crippen molar-refractivity contribution in [3.63, 3.8) is 0 Å². The van der Waals surface area contributed by atoms with Crippen molar-refractivity contribution in [3.05, 3.63) is 89.2 Å². The molecule has 1 amide bonds. The Kier molecular flexibility index (Phi) is 5.92. The zero-order valence-electron chi connectivity index (χ0n) is 18.6. The monoisotopic (exact) mass is 483 g/mol. The van der Waals surface area contributed by atoms with Crippen molar-refractivity contribution < 1.29 is 27.1 Å². The largest absolute Gasteiger partial charge is 0.454 e. The minimum Gasteiger partial charge on any atom is -0.454 e. The van der Waals surface area contributed by atoms with Gasteiger partial charge >= 0.3 is 6.18 Å². The third-order valence-electron chi connectivity index (χ3n) is 6.05. The highest BCUT2D eigenvalue weighted by molar-refractivity contribution is 6.04. The maximum Gasteiger partial charge on any atom is 0.416 e. The van der Waals surface area contributed by atoms with Gasteiger partial charge in [-0.1, -0.05) is 24.3 Å². The standard InChI is InChI=1S/C26H21F4N3O2/c27-20-8-3-1-6-18(20)25(34)33-13-5-12-32(14-15-33)24-19-7-2-4-9-22(19)35-23-11-10-17(26(28,29)30)16-21(23)31-24/h1-4,6-11,16H,5,12-15H2. The van der Waals surface area contributed by atoms with Crippen LogP contribution in [-0.2, 0) is 6.18 Å². The molecule has 0 radical (unpaired) electrons. The number of amides is 1. The fourth-order valence-electron chi connectivity index (χ4n) is 4.28. The van der Waals surface area contributed by atoms with E-state index in [0.717, 1.165) is 12.1 Å². The summed E-state index contributed by atoms with van der Waals surface area (Å²) in [5.74, 6) is 0.213. The van der Waals surface area contributed by atoms with E-state index in [1.165, 1.54) is 24.3 Å². The number of aliphatic imine (C=N–C) groups is 1. The number of benzene rings is 3. The maximum absolute atomic E-state index is 14.2. The molecule has 180 valence electrons. The lowest BCUT2D eigenvalue weighted by Crippen LogP contribution is -2.38. The molecule has 2 aliphatic rings. The molecule has 3 aromatic carbocycles. The van der Waals surface area contributed by atoms with Crippen molar-refractivity contribution in [2.45, 2.75) is 12.6 Å². The van der Waals surface area contributed by atoms with Crippen LogP contribution in [0, 0.1) is 5.82 Å². The van der Waals surface area contributed by atoms with Crippen LogP contribution in [0.15, 0.2) is 71.7 Å². The van der Waals surface area contributed by atoms with Gasteiger partial charge in [0.25, 0.3) is 5.91 Å². The molecule has 0 unspecified atom stereocenters. The Labute approximate surface area is 199 Å². The van der Waals surface area contributed by atoms with E-state index in [-0.39, 0.29) is 17.0 Å². The highest BCUT2D eigenvalue weighted by Gasteiger charge is 2.33. The summed E-state index contributed by atoms with van der Waals surface area (Å²) in [5, 5.41) is 0. The summed E-state index contributed by atoms with van der Waals surface area (Å²) < 4.78 is 60.2. The first-order valence-corrected chi connectivity index (χ1v) is 11.2. The second-order valence-electron chi connectivity index (χ2n) is 8.33. The Morgan fingerprint density at radius 3 is 2.46 bits per heavy atom. The van der Waals surface area contributed by atoms with Gasteiger partial charge in [-0.3, -0.25) is 4.79 Å². The van der Waals surface area contributed by atoms with Crippen molar-refractivity contribution in [2.24, 2.45) is 4.99 Å². The summed E-state index contributed by atoms with van der Waals surface area (Å²) in [4.78, 5) is 21.1. The van der Waals surface area contributed by atoms with E-state index >= 15 is 0 Å². The number of carbonyl (C=O) groups is 1. The molecular weight excluding hydrogens is 462 g/mol. The Bertz CT molecular complexity index is 1310. The molecule has 0 spiro atoms. The number of alkyl halides is 3. The van der Waals surface area contributed by atoms with Gasteiger partial charge in [0.2, 0.25) is 0 Å². The first-order valence-electron chi connectivity index (χ1n) is 11.2. The number of ether oxygens (including phenoxy) is 1. The molecule has 2 heterocycles. The van der Waals surface area contributed by atoms with Crippen molar-refractivity contribution in [3.8, 4) is 11.5 Å². The average molecular weight is 483 g/mol. The zero-order valence-corrected chi connectivity index (χ0v) is 18.6. The van der Waals surface area contributed by atoms with E-state index in [0.29, 0.717) is 49.7 Å². The number of para-hydroxylation sites is 1. The van der Waals surface area contributed by atoms with Gasteiger partial charge in [-0.2, -0.15) is 13.2 Å². The molecule has 0 bridgehead atoms. The summed E-state index contributed by atoms with van der Waals surface area (Å²) >= 11 is 0. The van der Waals surface area contributed by atoms with Crippen LogP contribution < -0.4 is 4.74 Å². The van der Waals surface area contributed by atoms with Gasteiger partial charge in [0.15, 0.2) is 5.75 Å². The molecule has 5 rings (SSSR count). The number of halogens is 4. The Hall–Kier alpha value is -3.88. The predicted octanol–water partition coefficient (Wildman–Crippen LogP) is 5.88. The van der Waals surface area contributed by atoms with Crippen molar-refractivity contribution in [1.29, 1.82) is 0 Å². The van der Waals surface area contributed by atoms with Gasteiger partial charge in [-0.15, -0.1) is 0 Å². The van der Waals surface area contributed by atoms with E-state index in [2.05, 4.69) is 4.99 Å². The molecule has 0 N–H and O–H groups in total. The molecule has 3 aromatic rings. The smallest absolute Gasteiger partial charge is 0.416 e. The Balaban J connectivity index is 1.48. The Morgan fingerprint density at radius 1 is 0.886 bits per heavy atom. The number of hydrogen-bond donors (Lipinski definition) is 0. The first-order chi connectivity index (χ1) is 16.8. The number of rotatable bonds is 1. The number of fused-ring (bicyclic) bond motifs is 2. The molecule has 1 fully saturated rings. The van der Waals surface area contributed by atoms with Gasteiger partial charge in [0.05, 0.1) is 16.7 Å². The van der Waals surface area contributed by atoms with Crippen LogP contribution in [0.2, 0.25) is 0 Å². The van der Waals surface area contributed by atoms with Gasteiger partial charge in [-0.05, 0) is 48.9 Å². The molecular formula is C26H21F4N3O2. The van der Waals surface area contributed by atoms with Crippen LogP contribution in [0.3, 0.4) is 0 Å². The number of nitrogens with zero attached hydrogens (tertiary/aromatic N) is 3. The van der Waals surface area contributed by atoms with Crippen LogP contribution in [0.4, 0.5) is 23.2 Å². The lowest BCUT2D eigenvalue weighted by Gasteiger charge is -2.25. The molecule has 0 atom stereocenters. The minimum absolute atomic E-state index is 0.0140. The molecule has 2 aliphatic heterocycles. The van der Waals surface area contributed by atoms with E-state index in [4.69, 9.17) is 4.74 Å². The average Bonchev–Trinajstić information content (AvgIpc) is 3.18. The normalized spacial score (nSPS) is 15.8. The summed E-state index contributed by atoms with van der Waals surface area (Å²) in [7, 11) is 0. The van der Waals surface area contributed by atoms with E-state index in [9.17, 15) is 22.4 Å². The Morgan fingerprint density at radius 2 is 1.66 bits per heavy atom. The predicted molar refractivity (Wildman–Crippen MR) is 123 cm³/mol. The molecule has 9 heteroatoms. The van der Waals surface area contributed by atoms with Crippen molar-refractivity contribution in [1.82, 2.24) is 9.80 Å². The van der Waals surface area contributed by atoms with Gasteiger partial charge in [-0.25, -0.2) is 9.38 Å². The number of carbonyl (C=O) groups excluding carboxylic acids is 1. The van der Waals surface area contributed by atoms with Crippen molar-refractivity contribution in [2.75, 3.05) is 26.2 Å². The van der Waals surface area contributed by atoms with E-state index in [1.807, 2.05) is 4.90 Å². The minimum atomic E-state index is -4.51. The third-order valence-corrected chi connectivity index (χ3v) is 6.05. The van der Waals surface area contributed by atoms with Gasteiger partial charge in [0.1, 0.15) is 23.1 Å². The topological polar surface area (TPSA) is 45.1 Å². The first kappa shape index (κ1) is 22.9. The lowest BCUT2D eigenvalue weighted by atomic mass is 10.1. The second kappa shape index (κ2) is 9.05. The van der Waals surface area contributed by atoms with Gasteiger partial charge < -0.3 is 14.5 Å². The second-order valence-corrected chi connectivity index (χ2v) is 8.33. The molecule has 5 nitrogen and oxygen atoms in total. The fraction of sp³-hybridized carbons (Fsp3) is 0.231. The molecule has 0 aromatic heterocycles. The van der Waals surface area contributed by atoms with Crippen LogP contribution in [0.1, 0.15) is 27.9 Å². The fourth-order valence-corrected chi connectivity index (χ4v) is 4.28. The summed E-state index contributed by atoms with van der Waals surface area (Å²) in [6.07, 6.45) is -3.93. The van der Waals surface area contributed by atoms with Crippen LogP contribution in [0.5, 0.6) is 11.5 Å². The maximum atomic E-state index is 14.2. The molecule has 0 aliphatic carbocycles. The summed E-state index contributed by atoms with van der Waals surface area (Å²) in [6.45, 7) is 1.62. The SMILES string of the molecule is O=C(c1ccccc1F)N1CCCN(C2=Nc3cc(C(F)(F)F)ccc3Oc3ccccc32)CC1. The lowest BCUT2D eigenvalue weighted by molar-refractivity contribution is -0.137. The quantitative estimate of drug-likeness (QED) is 0.407. The van der Waals surface area contributed by atoms with Crippen LogP contribution in [0.25, 0.3) is 0 Å². The molecule has 1 saturated heterocycles. The zero-order chi connectivity index (χ0) is 24.6. The van der Waals surface area contributed by atoms with Crippen LogP contribution >= 0.6 is 0 Å². The molecule has 0 saturated carbocycles. The highest BCUT2D eigenvalue weighted by atomic mass is 19.4. The van der Waals surface area contributed by atoms with Crippen LogP contribution in [-0.4, -0.2) is 47.7 Å². The summed E-state index contributed by atoms with van der Waals surface area (Å²) in [5.41, 5.74) is -0.0766. The third kappa shape index (κ3) is 4.58. The number of hydrogen-bond acceptors (Lipinski definition) is 4.